The second-order valence-electron chi connectivity index (χ2n) is 8.81. The Bertz CT molecular complexity index is 1560. The van der Waals surface area contributed by atoms with Crippen LogP contribution in [0.4, 0.5) is 10.5 Å². The molecule has 3 amide bonds. The van der Waals surface area contributed by atoms with Crippen molar-refractivity contribution in [3.63, 3.8) is 0 Å². The molecular weight excluding hydrogens is 683 g/mol. The predicted octanol–water partition coefficient (Wildman–Crippen LogP) is 6.30. The van der Waals surface area contributed by atoms with Crippen molar-refractivity contribution in [3.05, 3.63) is 90.3 Å². The molecule has 212 valence electrons. The van der Waals surface area contributed by atoms with Crippen LogP contribution in [0, 0.1) is 10.5 Å². The van der Waals surface area contributed by atoms with Gasteiger partial charge in [-0.2, -0.15) is 0 Å². The zero-order valence-corrected chi connectivity index (χ0v) is 25.9. The zero-order valence-electron chi connectivity index (χ0n) is 22.2. The summed E-state index contributed by atoms with van der Waals surface area (Å²) >= 11 is 8.87. The molecule has 1 aliphatic rings. The van der Waals surface area contributed by atoms with E-state index in [1.54, 1.807) is 12.1 Å². The Hall–Kier alpha value is -3.55. The fourth-order valence-electron chi connectivity index (χ4n) is 3.80. The fourth-order valence-corrected chi connectivity index (χ4v) is 5.62. The third-order valence-electron chi connectivity index (χ3n) is 5.88. The maximum Gasteiger partial charge on any atom is 0.339 e. The molecule has 4 rings (SSSR count). The Morgan fingerprint density at radius 3 is 2.49 bits per heavy atom. The molecule has 1 aliphatic heterocycles. The van der Waals surface area contributed by atoms with E-state index in [0.29, 0.717) is 23.7 Å². The molecule has 0 atom stereocenters. The van der Waals surface area contributed by atoms with E-state index >= 15 is 0 Å². The molecule has 0 spiro atoms. The smallest absolute Gasteiger partial charge is 0.339 e. The Kier molecular flexibility index (Phi) is 9.94. The van der Waals surface area contributed by atoms with Gasteiger partial charge in [-0.15, -0.1) is 0 Å². The van der Waals surface area contributed by atoms with E-state index in [9.17, 15) is 19.2 Å². The van der Waals surface area contributed by atoms with Crippen LogP contribution in [0.5, 0.6) is 11.5 Å². The van der Waals surface area contributed by atoms with Crippen LogP contribution >= 0.6 is 46.0 Å². The van der Waals surface area contributed by atoms with Crippen molar-refractivity contribution in [1.82, 2.24) is 4.90 Å². The highest BCUT2D eigenvalue weighted by atomic mass is 127. The number of esters is 1. The number of ether oxygens (including phenoxy) is 3. The first kappa shape index (κ1) is 30.4. The highest BCUT2D eigenvalue weighted by Gasteiger charge is 2.36. The molecule has 1 N–H and O–H groups in total. The SMILES string of the molecule is COC(=O)c1cc(NC(=O)CN2C(=O)S/C(=C\c3cc(I)c(OCc4ccc(C)cc4)c(OC)c3)C2=O)ccc1Cl. The highest BCUT2D eigenvalue weighted by molar-refractivity contribution is 14.1. The number of anilines is 1. The van der Waals surface area contributed by atoms with Gasteiger partial charge in [0.25, 0.3) is 11.1 Å². The van der Waals surface area contributed by atoms with Crippen LogP contribution in [0.25, 0.3) is 6.08 Å². The first-order chi connectivity index (χ1) is 19.6. The highest BCUT2D eigenvalue weighted by Crippen LogP contribution is 2.37. The number of imide groups is 1. The van der Waals surface area contributed by atoms with Gasteiger partial charge in [-0.05, 0) is 88.8 Å². The molecule has 12 heteroatoms. The van der Waals surface area contributed by atoms with Crippen molar-refractivity contribution in [3.8, 4) is 11.5 Å². The lowest BCUT2D eigenvalue weighted by molar-refractivity contribution is -0.127. The molecule has 1 fully saturated rings. The van der Waals surface area contributed by atoms with E-state index in [2.05, 4.69) is 32.6 Å². The summed E-state index contributed by atoms with van der Waals surface area (Å²) in [6.07, 6.45) is 1.57. The molecule has 1 heterocycles. The average molecular weight is 707 g/mol. The number of amides is 3. The monoisotopic (exact) mass is 706 g/mol. The van der Waals surface area contributed by atoms with Gasteiger partial charge in [0.05, 0.1) is 33.3 Å². The van der Waals surface area contributed by atoms with Crippen molar-refractivity contribution in [2.24, 2.45) is 0 Å². The van der Waals surface area contributed by atoms with Gasteiger partial charge in [-0.25, -0.2) is 4.79 Å². The molecule has 0 saturated carbocycles. The maximum atomic E-state index is 13.0. The van der Waals surface area contributed by atoms with Crippen LogP contribution in [0.3, 0.4) is 0 Å². The number of nitrogens with zero attached hydrogens (tertiary/aromatic N) is 1. The molecule has 3 aromatic carbocycles. The van der Waals surface area contributed by atoms with Gasteiger partial charge >= 0.3 is 5.97 Å². The number of aryl methyl sites for hydroxylation is 1. The number of hydrogen-bond donors (Lipinski definition) is 1. The third kappa shape index (κ3) is 7.40. The summed E-state index contributed by atoms with van der Waals surface area (Å²) < 4.78 is 17.0. The number of nitrogens with one attached hydrogen (secondary N) is 1. The van der Waals surface area contributed by atoms with Gasteiger partial charge in [0.1, 0.15) is 13.2 Å². The number of methoxy groups -OCH3 is 2. The number of hydrogen-bond acceptors (Lipinski definition) is 8. The summed E-state index contributed by atoms with van der Waals surface area (Å²) in [5.41, 5.74) is 3.12. The van der Waals surface area contributed by atoms with Gasteiger partial charge in [-0.3, -0.25) is 19.3 Å². The van der Waals surface area contributed by atoms with Crippen molar-refractivity contribution in [2.75, 3.05) is 26.1 Å². The summed E-state index contributed by atoms with van der Waals surface area (Å²) in [5, 5.41) is 2.14. The summed E-state index contributed by atoms with van der Waals surface area (Å²) in [7, 11) is 2.73. The number of rotatable bonds is 9. The lowest BCUT2D eigenvalue weighted by atomic mass is 10.1. The van der Waals surface area contributed by atoms with E-state index < -0.39 is 29.6 Å². The molecule has 9 nitrogen and oxygen atoms in total. The Morgan fingerprint density at radius 1 is 1.07 bits per heavy atom. The van der Waals surface area contributed by atoms with E-state index in [1.807, 2.05) is 37.3 Å². The van der Waals surface area contributed by atoms with E-state index in [-0.39, 0.29) is 21.2 Å². The molecular formula is C29H24ClIN2O7S. The molecule has 0 radical (unpaired) electrons. The van der Waals surface area contributed by atoms with Crippen molar-refractivity contribution in [2.45, 2.75) is 13.5 Å². The lowest BCUT2D eigenvalue weighted by Gasteiger charge is -2.14. The first-order valence-corrected chi connectivity index (χ1v) is 14.4. The van der Waals surface area contributed by atoms with Crippen LogP contribution in [0.1, 0.15) is 27.0 Å². The van der Waals surface area contributed by atoms with Crippen molar-refractivity contribution >= 4 is 80.7 Å². The number of carbonyl (C=O) groups excluding carboxylic acids is 4. The summed E-state index contributed by atoms with van der Waals surface area (Å²) in [5.74, 6) is -0.858. The molecule has 0 aliphatic carbocycles. The van der Waals surface area contributed by atoms with Gasteiger partial charge < -0.3 is 19.5 Å². The fraction of sp³-hybridized carbons (Fsp3) is 0.172. The van der Waals surface area contributed by atoms with Gasteiger partial charge in [0.15, 0.2) is 11.5 Å². The standard InChI is InChI=1S/C29H24ClIN2O7S/c1-16-4-6-17(7-5-16)15-40-26-22(31)10-18(11-23(26)38-2)12-24-27(35)33(29(37)41-24)14-25(34)32-19-8-9-21(30)20(13-19)28(36)39-3/h4-13H,14-15H2,1-3H3,(H,32,34)/b24-12-. The Morgan fingerprint density at radius 2 is 1.80 bits per heavy atom. The number of halogens is 2. The number of thioether (sulfide) groups is 1. The van der Waals surface area contributed by atoms with Crippen LogP contribution in [-0.4, -0.2) is 48.7 Å². The quantitative estimate of drug-likeness (QED) is 0.157. The minimum absolute atomic E-state index is 0.0673. The van der Waals surface area contributed by atoms with Gasteiger partial charge in [-0.1, -0.05) is 41.4 Å². The lowest BCUT2D eigenvalue weighted by Crippen LogP contribution is -2.36. The van der Waals surface area contributed by atoms with Gasteiger partial charge in [0, 0.05) is 5.69 Å². The summed E-state index contributed by atoms with van der Waals surface area (Å²) in [6, 6.07) is 15.8. The predicted molar refractivity (Wildman–Crippen MR) is 165 cm³/mol. The zero-order chi connectivity index (χ0) is 29.7. The molecule has 0 aromatic heterocycles. The Labute approximate surface area is 259 Å². The second kappa shape index (κ2) is 13.4. The molecule has 41 heavy (non-hydrogen) atoms. The third-order valence-corrected chi connectivity index (χ3v) is 7.92. The normalized spacial score (nSPS) is 13.9. The molecule has 0 unspecified atom stereocenters. The van der Waals surface area contributed by atoms with E-state index in [4.69, 9.17) is 21.1 Å². The van der Waals surface area contributed by atoms with E-state index in [0.717, 1.165) is 31.4 Å². The van der Waals surface area contributed by atoms with Crippen LogP contribution in [-0.2, 0) is 20.9 Å². The van der Waals surface area contributed by atoms with Crippen molar-refractivity contribution in [1.29, 1.82) is 0 Å². The number of benzene rings is 3. The first-order valence-electron chi connectivity index (χ1n) is 12.1. The minimum atomic E-state index is -0.667. The van der Waals surface area contributed by atoms with Crippen LogP contribution < -0.4 is 14.8 Å². The average Bonchev–Trinajstić information content (AvgIpc) is 3.20. The maximum absolute atomic E-state index is 13.0. The molecule has 1 saturated heterocycles. The second-order valence-corrected chi connectivity index (χ2v) is 11.4. The molecule has 0 bridgehead atoms. The summed E-state index contributed by atoms with van der Waals surface area (Å²) in [4.78, 5) is 51.1. The topological polar surface area (TPSA) is 111 Å². The van der Waals surface area contributed by atoms with Crippen LogP contribution in [0.15, 0.2) is 59.5 Å². The van der Waals surface area contributed by atoms with E-state index in [1.165, 1.54) is 32.4 Å². The largest absolute Gasteiger partial charge is 0.493 e. The summed E-state index contributed by atoms with van der Waals surface area (Å²) in [6.45, 7) is 1.86. The molecule has 3 aromatic rings. The van der Waals surface area contributed by atoms with Crippen LogP contribution in [0.2, 0.25) is 5.02 Å². The van der Waals surface area contributed by atoms with Crippen molar-refractivity contribution < 1.29 is 33.4 Å². The number of carbonyl (C=O) groups is 4. The Balaban J connectivity index is 1.45. The minimum Gasteiger partial charge on any atom is -0.493 e. The van der Waals surface area contributed by atoms with Gasteiger partial charge in [0.2, 0.25) is 5.91 Å².